The lowest BCUT2D eigenvalue weighted by atomic mass is 10.4. The molecule has 0 aliphatic rings. The molecule has 0 atom stereocenters. The van der Waals surface area contributed by atoms with Crippen LogP contribution in [0.3, 0.4) is 0 Å². The molecule has 0 aromatic carbocycles. The molecule has 0 aromatic rings. The molecule has 52 valence electrons. The fraction of sp³-hybridized carbons (Fsp3) is 0.111. The van der Waals surface area contributed by atoms with Crippen LogP contribution in [0.25, 0.3) is 0 Å². The SMILES string of the molecule is C=C(N)/C=C\C=C\C#CC. The summed E-state index contributed by atoms with van der Waals surface area (Å²) in [5.41, 5.74) is 5.81. The summed E-state index contributed by atoms with van der Waals surface area (Å²) in [6, 6.07) is 0. The molecule has 0 rings (SSSR count). The topological polar surface area (TPSA) is 26.0 Å². The predicted molar refractivity (Wildman–Crippen MR) is 45.1 cm³/mol. The first kappa shape index (κ1) is 8.58. The quantitative estimate of drug-likeness (QED) is 0.449. The average molecular weight is 133 g/mol. The third kappa shape index (κ3) is 6.58. The van der Waals surface area contributed by atoms with Crippen molar-refractivity contribution >= 4 is 0 Å². The minimum atomic E-state index is 0.550. The van der Waals surface area contributed by atoms with Gasteiger partial charge in [0, 0.05) is 5.70 Å². The van der Waals surface area contributed by atoms with Crippen molar-refractivity contribution in [1.29, 1.82) is 0 Å². The van der Waals surface area contributed by atoms with Crippen molar-refractivity contribution in [1.82, 2.24) is 0 Å². The zero-order chi connectivity index (χ0) is 7.82. The van der Waals surface area contributed by atoms with Crippen molar-refractivity contribution in [3.8, 4) is 11.8 Å². The average Bonchev–Trinajstić information content (AvgIpc) is 1.87. The minimum absolute atomic E-state index is 0.550. The monoisotopic (exact) mass is 133 g/mol. The molecule has 0 bridgehead atoms. The van der Waals surface area contributed by atoms with Crippen molar-refractivity contribution in [2.45, 2.75) is 6.92 Å². The van der Waals surface area contributed by atoms with E-state index in [1.165, 1.54) is 0 Å². The van der Waals surface area contributed by atoms with Crippen LogP contribution in [0.2, 0.25) is 0 Å². The van der Waals surface area contributed by atoms with E-state index in [9.17, 15) is 0 Å². The van der Waals surface area contributed by atoms with E-state index >= 15 is 0 Å². The summed E-state index contributed by atoms with van der Waals surface area (Å²) >= 11 is 0. The van der Waals surface area contributed by atoms with Gasteiger partial charge in [-0.2, -0.15) is 0 Å². The maximum atomic E-state index is 5.26. The Labute approximate surface area is 61.9 Å². The lowest BCUT2D eigenvalue weighted by Gasteiger charge is -1.79. The van der Waals surface area contributed by atoms with Crippen LogP contribution in [-0.4, -0.2) is 0 Å². The van der Waals surface area contributed by atoms with Gasteiger partial charge in [-0.1, -0.05) is 24.7 Å². The predicted octanol–water partition coefficient (Wildman–Crippen LogP) is 1.59. The number of rotatable bonds is 2. The Morgan fingerprint density at radius 2 is 2.20 bits per heavy atom. The minimum Gasteiger partial charge on any atom is -0.399 e. The molecule has 0 saturated carbocycles. The molecule has 0 aliphatic heterocycles. The van der Waals surface area contributed by atoms with Gasteiger partial charge in [0.15, 0.2) is 0 Å². The zero-order valence-electron chi connectivity index (χ0n) is 6.09. The third-order valence-corrected chi connectivity index (χ3v) is 0.745. The highest BCUT2D eigenvalue weighted by atomic mass is 14.5. The fourth-order valence-electron chi connectivity index (χ4n) is 0.366. The van der Waals surface area contributed by atoms with E-state index in [1.54, 1.807) is 25.2 Å². The molecule has 0 aliphatic carbocycles. The second-order valence-electron chi connectivity index (χ2n) is 1.69. The molecule has 0 heterocycles. The summed E-state index contributed by atoms with van der Waals surface area (Å²) in [6.45, 7) is 5.28. The molecular formula is C9H11N. The van der Waals surface area contributed by atoms with E-state index in [4.69, 9.17) is 5.73 Å². The molecule has 0 fully saturated rings. The standard InChI is InChI=1S/C9H11N/c1-3-4-5-6-7-8-9(2)10/h5-8H,2,10H2,1H3/b6-5+,8-7-. The van der Waals surface area contributed by atoms with Crippen LogP contribution >= 0.6 is 0 Å². The molecule has 0 spiro atoms. The van der Waals surface area contributed by atoms with Crippen LogP contribution in [0.15, 0.2) is 36.6 Å². The summed E-state index contributed by atoms with van der Waals surface area (Å²) < 4.78 is 0. The summed E-state index contributed by atoms with van der Waals surface area (Å²) in [4.78, 5) is 0. The van der Waals surface area contributed by atoms with Crippen LogP contribution in [0.1, 0.15) is 6.92 Å². The summed E-state index contributed by atoms with van der Waals surface area (Å²) in [5, 5.41) is 0. The van der Waals surface area contributed by atoms with Gasteiger partial charge >= 0.3 is 0 Å². The Morgan fingerprint density at radius 3 is 2.70 bits per heavy atom. The number of hydrogen-bond donors (Lipinski definition) is 1. The Morgan fingerprint density at radius 1 is 1.50 bits per heavy atom. The summed E-state index contributed by atoms with van der Waals surface area (Å²) in [5.74, 6) is 5.50. The Hall–Kier alpha value is -1.42. The molecule has 1 heteroatoms. The number of nitrogens with two attached hydrogens (primary N) is 1. The van der Waals surface area contributed by atoms with Crippen molar-refractivity contribution in [2.75, 3.05) is 0 Å². The molecule has 1 nitrogen and oxygen atoms in total. The van der Waals surface area contributed by atoms with Crippen LogP contribution in [0.5, 0.6) is 0 Å². The maximum Gasteiger partial charge on any atom is 0.0240 e. The second kappa shape index (κ2) is 5.71. The molecule has 0 amide bonds. The van der Waals surface area contributed by atoms with Crippen LogP contribution < -0.4 is 5.73 Å². The number of allylic oxidation sites excluding steroid dienone is 4. The van der Waals surface area contributed by atoms with E-state index in [0.29, 0.717) is 5.70 Å². The van der Waals surface area contributed by atoms with Crippen molar-refractivity contribution < 1.29 is 0 Å². The molecule has 0 aromatic heterocycles. The van der Waals surface area contributed by atoms with Crippen molar-refractivity contribution in [2.24, 2.45) is 5.73 Å². The van der Waals surface area contributed by atoms with Gasteiger partial charge in [0.05, 0.1) is 0 Å². The highest BCUT2D eigenvalue weighted by Gasteiger charge is 1.67. The van der Waals surface area contributed by atoms with Gasteiger partial charge in [-0.3, -0.25) is 0 Å². The largest absolute Gasteiger partial charge is 0.399 e. The van der Waals surface area contributed by atoms with Gasteiger partial charge < -0.3 is 5.73 Å². The lowest BCUT2D eigenvalue weighted by molar-refractivity contribution is 1.45. The van der Waals surface area contributed by atoms with Gasteiger partial charge in [0.1, 0.15) is 0 Å². The summed E-state index contributed by atoms with van der Waals surface area (Å²) in [6.07, 6.45) is 7.08. The fourth-order valence-corrected chi connectivity index (χ4v) is 0.366. The maximum absolute atomic E-state index is 5.26. The highest BCUT2D eigenvalue weighted by molar-refractivity contribution is 5.22. The Kier molecular flexibility index (Phi) is 4.90. The second-order valence-corrected chi connectivity index (χ2v) is 1.69. The molecule has 0 unspecified atom stereocenters. The molecule has 0 radical (unpaired) electrons. The van der Waals surface area contributed by atoms with Crippen LogP contribution in [-0.2, 0) is 0 Å². The van der Waals surface area contributed by atoms with Gasteiger partial charge in [-0.15, -0.1) is 5.92 Å². The first-order chi connectivity index (χ1) is 4.77. The Balaban J connectivity index is 3.69. The first-order valence-corrected chi connectivity index (χ1v) is 2.97. The van der Waals surface area contributed by atoms with Gasteiger partial charge in [-0.05, 0) is 19.1 Å². The van der Waals surface area contributed by atoms with E-state index in [1.807, 2.05) is 6.08 Å². The first-order valence-electron chi connectivity index (χ1n) is 2.97. The normalized spacial score (nSPS) is 9.70. The summed E-state index contributed by atoms with van der Waals surface area (Å²) in [7, 11) is 0. The molecule has 10 heavy (non-hydrogen) atoms. The molecule has 0 saturated heterocycles. The van der Waals surface area contributed by atoms with E-state index < -0.39 is 0 Å². The van der Waals surface area contributed by atoms with Gasteiger partial charge in [0.25, 0.3) is 0 Å². The highest BCUT2D eigenvalue weighted by Crippen LogP contribution is 1.81. The van der Waals surface area contributed by atoms with E-state index in [2.05, 4.69) is 18.4 Å². The Bertz CT molecular complexity index is 211. The third-order valence-electron chi connectivity index (χ3n) is 0.745. The smallest absolute Gasteiger partial charge is 0.0240 e. The zero-order valence-corrected chi connectivity index (χ0v) is 6.09. The lowest BCUT2D eigenvalue weighted by Crippen LogP contribution is -1.87. The van der Waals surface area contributed by atoms with E-state index in [-0.39, 0.29) is 0 Å². The molecule has 2 N–H and O–H groups in total. The van der Waals surface area contributed by atoms with Crippen LogP contribution in [0.4, 0.5) is 0 Å². The van der Waals surface area contributed by atoms with E-state index in [0.717, 1.165) is 0 Å². The number of hydrogen-bond acceptors (Lipinski definition) is 1. The van der Waals surface area contributed by atoms with Crippen LogP contribution in [0, 0.1) is 11.8 Å². The van der Waals surface area contributed by atoms with Crippen molar-refractivity contribution in [3.63, 3.8) is 0 Å². The van der Waals surface area contributed by atoms with Crippen molar-refractivity contribution in [3.05, 3.63) is 36.6 Å². The molecular weight excluding hydrogens is 122 g/mol. The van der Waals surface area contributed by atoms with Gasteiger partial charge in [0.2, 0.25) is 0 Å². The van der Waals surface area contributed by atoms with Gasteiger partial charge in [-0.25, -0.2) is 0 Å².